The molecule has 0 saturated carbocycles. The number of hydrogen-bond donors (Lipinski definition) is 1. The maximum Gasteiger partial charge on any atom is 0.332 e. The Bertz CT molecular complexity index is 1130. The number of H-pyrrole nitrogens is 1. The first-order chi connectivity index (χ1) is 16.7. The second kappa shape index (κ2) is 12.3. The third-order valence-electron chi connectivity index (χ3n) is 5.27. The van der Waals surface area contributed by atoms with E-state index in [0.29, 0.717) is 17.1 Å². The molecule has 1 aromatic heterocycles. The molecule has 0 bridgehead atoms. The number of aromatic amines is 1. The number of aryl methyl sites for hydroxylation is 1. The Kier molecular flexibility index (Phi) is 9.41. The zero-order valence-corrected chi connectivity index (χ0v) is 21.0. The predicted octanol–water partition coefficient (Wildman–Crippen LogP) is 2.19. The van der Waals surface area contributed by atoms with E-state index < -0.39 is 44.3 Å². The van der Waals surface area contributed by atoms with E-state index in [0.717, 1.165) is 5.56 Å². The average molecular weight is 512 g/mol. The molecule has 4 atom stereocenters. The molecule has 1 N–H and O–H groups in total. The zero-order valence-electron chi connectivity index (χ0n) is 20.1. The van der Waals surface area contributed by atoms with Gasteiger partial charge in [-0.15, -0.1) is 0 Å². The minimum atomic E-state index is -1.77. The maximum absolute atomic E-state index is 12.3. The summed E-state index contributed by atoms with van der Waals surface area (Å²) in [5, 5.41) is 0. The van der Waals surface area contributed by atoms with Gasteiger partial charge in [-0.2, -0.15) is 0 Å². The number of methoxy groups -OCH3 is 2. The monoisotopic (exact) mass is 512 g/mol. The third-order valence-corrected chi connectivity index (χ3v) is 6.26. The van der Waals surface area contributed by atoms with Crippen molar-refractivity contribution in [1.29, 1.82) is 0 Å². The Morgan fingerprint density at radius 3 is 2.63 bits per heavy atom. The van der Waals surface area contributed by atoms with Crippen LogP contribution in [0.4, 0.5) is 0 Å². The second-order valence-corrected chi connectivity index (χ2v) is 8.97. The van der Waals surface area contributed by atoms with Crippen LogP contribution in [0, 0.1) is 6.92 Å². The highest BCUT2D eigenvalue weighted by Crippen LogP contribution is 2.42. The topological polar surface area (TPSA) is 137 Å². The summed E-state index contributed by atoms with van der Waals surface area (Å²) in [6.07, 6.45) is -0.509. The van der Waals surface area contributed by atoms with Crippen LogP contribution in [0.3, 0.4) is 0 Å². The van der Waals surface area contributed by atoms with Crippen molar-refractivity contribution in [2.24, 2.45) is 0 Å². The normalized spacial score (nSPS) is 20.4. The SMILES string of the molecule is COc1ccc(COP(OC)OC[C@H]2O[C@@H](n3cc(C)c(=O)[nH]c3=O)C[C@@H]2OC(C)=O)c(OC)c1. The number of benzene rings is 1. The number of aromatic nitrogens is 2. The summed E-state index contributed by atoms with van der Waals surface area (Å²) in [7, 11) is 2.79. The quantitative estimate of drug-likeness (QED) is 0.352. The lowest BCUT2D eigenvalue weighted by atomic mass is 10.2. The summed E-state index contributed by atoms with van der Waals surface area (Å²) < 4.78 is 40.0. The first-order valence-electron chi connectivity index (χ1n) is 10.7. The number of esters is 1. The molecule has 1 saturated heterocycles. The van der Waals surface area contributed by atoms with Crippen molar-refractivity contribution in [2.75, 3.05) is 27.9 Å². The van der Waals surface area contributed by atoms with Gasteiger partial charge in [0, 0.05) is 43.8 Å². The van der Waals surface area contributed by atoms with E-state index in [-0.39, 0.29) is 19.6 Å². The molecule has 1 aromatic carbocycles. The van der Waals surface area contributed by atoms with Crippen molar-refractivity contribution in [2.45, 2.75) is 45.3 Å². The molecule has 1 fully saturated rings. The van der Waals surface area contributed by atoms with E-state index in [1.807, 2.05) is 6.07 Å². The molecular weight excluding hydrogens is 483 g/mol. The van der Waals surface area contributed by atoms with Crippen molar-refractivity contribution in [1.82, 2.24) is 9.55 Å². The molecule has 35 heavy (non-hydrogen) atoms. The summed E-state index contributed by atoms with van der Waals surface area (Å²) in [4.78, 5) is 37.8. The van der Waals surface area contributed by atoms with Gasteiger partial charge in [-0.3, -0.25) is 19.1 Å². The van der Waals surface area contributed by atoms with Crippen LogP contribution in [0.2, 0.25) is 0 Å². The van der Waals surface area contributed by atoms with Gasteiger partial charge in [-0.1, -0.05) is 0 Å². The number of ether oxygens (including phenoxy) is 4. The van der Waals surface area contributed by atoms with E-state index >= 15 is 0 Å². The standard InChI is InChI=1S/C22H29N2O10P/c1-13-10-24(22(27)23-21(13)26)20-9-18(33-14(2)25)19(34-20)12-32-35(30-5)31-11-15-6-7-16(28-3)8-17(15)29-4/h6-8,10,18-20H,9,11-12H2,1-5H3,(H,23,26,27)/t18-,19+,20+,35?/m0/s1. The molecule has 1 unspecified atom stereocenters. The molecular formula is C22H29N2O10P. The summed E-state index contributed by atoms with van der Waals surface area (Å²) >= 11 is 0. The first-order valence-corrected chi connectivity index (χ1v) is 11.8. The number of nitrogens with zero attached hydrogens (tertiary/aromatic N) is 1. The molecule has 0 radical (unpaired) electrons. The van der Waals surface area contributed by atoms with Crippen LogP contribution in [0.25, 0.3) is 0 Å². The Labute approximate surface area is 203 Å². The molecule has 2 heterocycles. The third kappa shape index (κ3) is 6.89. The average Bonchev–Trinajstić information content (AvgIpc) is 3.22. The van der Waals surface area contributed by atoms with E-state index in [1.165, 1.54) is 24.8 Å². The largest absolute Gasteiger partial charge is 0.497 e. The zero-order chi connectivity index (χ0) is 25.5. The fourth-order valence-corrected chi connectivity index (χ4v) is 4.33. The van der Waals surface area contributed by atoms with Crippen molar-refractivity contribution in [3.05, 3.63) is 56.4 Å². The second-order valence-electron chi connectivity index (χ2n) is 7.64. The minimum Gasteiger partial charge on any atom is -0.497 e. The molecule has 1 aliphatic heterocycles. The fraction of sp³-hybridized carbons (Fsp3) is 0.500. The van der Waals surface area contributed by atoms with Crippen LogP contribution in [-0.2, 0) is 34.4 Å². The number of carbonyl (C=O) groups excluding carboxylic acids is 1. The minimum absolute atomic E-state index is 0.0230. The number of hydrogen-bond acceptors (Lipinski definition) is 10. The van der Waals surface area contributed by atoms with E-state index in [4.69, 9.17) is 32.5 Å². The number of carbonyl (C=O) groups is 1. The van der Waals surface area contributed by atoms with Crippen LogP contribution in [0.1, 0.15) is 30.7 Å². The van der Waals surface area contributed by atoms with Gasteiger partial charge in [-0.05, 0) is 19.1 Å². The Morgan fingerprint density at radius 1 is 1.20 bits per heavy atom. The van der Waals surface area contributed by atoms with Crippen LogP contribution < -0.4 is 20.7 Å². The van der Waals surface area contributed by atoms with Crippen LogP contribution in [-0.4, -0.2) is 55.7 Å². The predicted molar refractivity (Wildman–Crippen MR) is 124 cm³/mol. The van der Waals surface area contributed by atoms with Crippen LogP contribution >= 0.6 is 8.60 Å². The molecule has 12 nitrogen and oxygen atoms in total. The smallest absolute Gasteiger partial charge is 0.332 e. The Hall–Kier alpha value is -2.76. The molecule has 2 aromatic rings. The summed E-state index contributed by atoms with van der Waals surface area (Å²) in [5.74, 6) is 0.747. The van der Waals surface area contributed by atoms with Crippen molar-refractivity contribution < 1.29 is 37.3 Å². The highest BCUT2D eigenvalue weighted by atomic mass is 31.2. The summed E-state index contributed by atoms with van der Waals surface area (Å²) in [5.41, 5.74) is 0.0214. The lowest BCUT2D eigenvalue weighted by Gasteiger charge is -2.21. The summed E-state index contributed by atoms with van der Waals surface area (Å²) in [6.45, 7) is 2.99. The van der Waals surface area contributed by atoms with Crippen molar-refractivity contribution >= 4 is 14.6 Å². The van der Waals surface area contributed by atoms with Gasteiger partial charge in [0.1, 0.15) is 29.9 Å². The molecule has 0 aliphatic carbocycles. The van der Waals surface area contributed by atoms with Crippen molar-refractivity contribution in [3.63, 3.8) is 0 Å². The van der Waals surface area contributed by atoms with E-state index in [1.54, 1.807) is 33.3 Å². The van der Waals surface area contributed by atoms with Gasteiger partial charge in [0.2, 0.25) is 0 Å². The van der Waals surface area contributed by atoms with Gasteiger partial charge >= 0.3 is 20.3 Å². The van der Waals surface area contributed by atoms with Crippen molar-refractivity contribution in [3.8, 4) is 11.5 Å². The molecule has 13 heteroatoms. The number of nitrogens with one attached hydrogen (secondary N) is 1. The molecule has 192 valence electrons. The lowest BCUT2D eigenvalue weighted by Crippen LogP contribution is -2.33. The van der Waals surface area contributed by atoms with Gasteiger partial charge in [0.15, 0.2) is 0 Å². The van der Waals surface area contributed by atoms with E-state index in [2.05, 4.69) is 4.98 Å². The first kappa shape index (κ1) is 26.8. The molecule has 0 spiro atoms. The van der Waals surface area contributed by atoms with Gasteiger partial charge < -0.3 is 32.5 Å². The van der Waals surface area contributed by atoms with Gasteiger partial charge in [0.05, 0.1) is 27.4 Å². The van der Waals surface area contributed by atoms with E-state index in [9.17, 15) is 14.4 Å². The maximum atomic E-state index is 12.3. The summed E-state index contributed by atoms with van der Waals surface area (Å²) in [6, 6.07) is 5.34. The van der Waals surface area contributed by atoms with Crippen LogP contribution in [0.15, 0.2) is 34.0 Å². The van der Waals surface area contributed by atoms with Crippen LogP contribution in [0.5, 0.6) is 11.5 Å². The molecule has 1 aliphatic rings. The molecule has 0 amide bonds. The Morgan fingerprint density at radius 2 is 1.97 bits per heavy atom. The van der Waals surface area contributed by atoms with Gasteiger partial charge in [0.25, 0.3) is 5.56 Å². The highest BCUT2D eigenvalue weighted by molar-refractivity contribution is 7.41. The highest BCUT2D eigenvalue weighted by Gasteiger charge is 2.40. The molecule has 3 rings (SSSR count). The fourth-order valence-electron chi connectivity index (χ4n) is 3.53. The number of rotatable bonds is 11. The lowest BCUT2D eigenvalue weighted by molar-refractivity contribution is -0.150. The Balaban J connectivity index is 1.65. The van der Waals surface area contributed by atoms with Gasteiger partial charge in [-0.25, -0.2) is 4.79 Å².